The van der Waals surface area contributed by atoms with Crippen molar-refractivity contribution in [3.05, 3.63) is 92.6 Å². The Bertz CT molecular complexity index is 1040. The van der Waals surface area contributed by atoms with Gasteiger partial charge in [-0.25, -0.2) is 0 Å². The first-order valence-corrected chi connectivity index (χ1v) is 8.18. The lowest BCUT2D eigenvalue weighted by molar-refractivity contribution is 0.272. The van der Waals surface area contributed by atoms with E-state index in [1.165, 1.54) is 6.07 Å². The number of nitrogens with zero attached hydrogens (tertiary/aromatic N) is 3. The fraction of sp³-hybridized carbons (Fsp3) is 0.105. The zero-order valence-corrected chi connectivity index (χ0v) is 13.9. The average molecular weight is 352 g/mol. The Morgan fingerprint density at radius 1 is 1.12 bits per heavy atom. The highest BCUT2D eigenvalue weighted by Crippen LogP contribution is 2.28. The highest BCUT2D eigenvalue weighted by atomic mass is 35.5. The van der Waals surface area contributed by atoms with Crippen molar-refractivity contribution in [1.82, 2.24) is 9.55 Å². The summed E-state index contributed by atoms with van der Waals surface area (Å²) in [6, 6.07) is 16.6. The van der Waals surface area contributed by atoms with E-state index in [9.17, 15) is 9.90 Å². The molecular formula is C19H14ClN3O2. The first kappa shape index (κ1) is 15.7. The minimum absolute atomic E-state index is 0.236. The third-order valence-electron chi connectivity index (χ3n) is 4.12. The van der Waals surface area contributed by atoms with Crippen LogP contribution in [0.25, 0.3) is 5.69 Å². The van der Waals surface area contributed by atoms with Gasteiger partial charge in [-0.2, -0.15) is 4.98 Å². The van der Waals surface area contributed by atoms with Crippen molar-refractivity contribution >= 4 is 17.3 Å². The van der Waals surface area contributed by atoms with Crippen LogP contribution in [0.3, 0.4) is 0 Å². The Balaban J connectivity index is 2.05. The summed E-state index contributed by atoms with van der Waals surface area (Å²) in [7, 11) is 0. The molecule has 1 aliphatic heterocycles. The van der Waals surface area contributed by atoms with Crippen LogP contribution in [0, 0.1) is 0 Å². The molecule has 3 aromatic rings. The normalized spacial score (nSPS) is 12.8. The number of aromatic nitrogens is 2. The number of aliphatic imine (C=N–C) groups is 1. The fourth-order valence-corrected chi connectivity index (χ4v) is 3.24. The summed E-state index contributed by atoms with van der Waals surface area (Å²) in [5.41, 5.74) is 3.44. The molecule has 124 valence electrons. The van der Waals surface area contributed by atoms with Gasteiger partial charge in [0.1, 0.15) is 5.82 Å². The van der Waals surface area contributed by atoms with Crippen molar-refractivity contribution in [2.75, 3.05) is 0 Å². The van der Waals surface area contributed by atoms with Gasteiger partial charge in [0.25, 0.3) is 5.56 Å². The topological polar surface area (TPSA) is 67.5 Å². The molecule has 5 nitrogen and oxygen atoms in total. The third kappa shape index (κ3) is 2.77. The van der Waals surface area contributed by atoms with Crippen molar-refractivity contribution in [3.8, 4) is 5.69 Å². The van der Waals surface area contributed by atoms with Crippen molar-refractivity contribution < 1.29 is 5.11 Å². The van der Waals surface area contributed by atoms with Crippen LogP contribution in [0.15, 0.2) is 64.4 Å². The molecule has 0 atom stereocenters. The summed E-state index contributed by atoms with van der Waals surface area (Å²) in [6.45, 7) is -0.0346. The molecule has 2 heterocycles. The molecule has 1 N–H and O–H groups in total. The van der Waals surface area contributed by atoms with Gasteiger partial charge in [0.15, 0.2) is 0 Å². The Labute approximate surface area is 148 Å². The van der Waals surface area contributed by atoms with Gasteiger partial charge in [0.05, 0.1) is 30.2 Å². The predicted molar refractivity (Wildman–Crippen MR) is 96.6 cm³/mol. The lowest BCUT2D eigenvalue weighted by atomic mass is 10.0. The number of benzene rings is 2. The van der Waals surface area contributed by atoms with Crippen LogP contribution in [0.5, 0.6) is 0 Å². The molecule has 1 aliphatic rings. The number of hydrogen-bond acceptors (Lipinski definition) is 4. The first-order chi connectivity index (χ1) is 12.2. The summed E-state index contributed by atoms with van der Waals surface area (Å²) in [5, 5.41) is 10.3. The van der Waals surface area contributed by atoms with E-state index in [-0.39, 0.29) is 18.7 Å². The Morgan fingerprint density at radius 2 is 1.92 bits per heavy atom. The Hall–Kier alpha value is -2.76. The van der Waals surface area contributed by atoms with E-state index < -0.39 is 0 Å². The fourth-order valence-electron chi connectivity index (χ4n) is 3.07. The molecule has 2 aromatic carbocycles. The maximum Gasteiger partial charge on any atom is 0.273 e. The predicted octanol–water partition coefficient (Wildman–Crippen LogP) is 2.73. The lowest BCUT2D eigenvalue weighted by Gasteiger charge is -2.17. The number of hydrogen-bond donors (Lipinski definition) is 1. The molecule has 1 aromatic heterocycles. The van der Waals surface area contributed by atoms with E-state index in [0.717, 1.165) is 22.5 Å². The highest BCUT2D eigenvalue weighted by Gasteiger charge is 2.21. The quantitative estimate of drug-likeness (QED) is 0.772. The monoisotopic (exact) mass is 351 g/mol. The standard InChI is InChI=1S/C19H14ClN3O2/c20-13-6-7-16-15(8-13)19(12-4-2-1-3-5-12)21-10-17-22-18(25)9-14(11-24)23(16)17/h1-9,24H,10-11H2. The number of rotatable bonds is 2. The first-order valence-electron chi connectivity index (χ1n) is 7.80. The van der Waals surface area contributed by atoms with Crippen molar-refractivity contribution in [2.24, 2.45) is 4.99 Å². The van der Waals surface area contributed by atoms with Gasteiger partial charge < -0.3 is 5.11 Å². The Morgan fingerprint density at radius 3 is 2.68 bits per heavy atom. The van der Waals surface area contributed by atoms with E-state index >= 15 is 0 Å². The molecule has 0 saturated heterocycles. The summed E-state index contributed by atoms with van der Waals surface area (Å²) in [4.78, 5) is 20.6. The summed E-state index contributed by atoms with van der Waals surface area (Å²) < 4.78 is 1.78. The summed E-state index contributed by atoms with van der Waals surface area (Å²) in [5.74, 6) is 0.492. The second-order valence-corrected chi connectivity index (χ2v) is 6.12. The zero-order valence-electron chi connectivity index (χ0n) is 13.2. The molecule has 4 rings (SSSR count). The summed E-state index contributed by atoms with van der Waals surface area (Å²) in [6.07, 6.45) is 0. The van der Waals surface area contributed by atoms with Crippen LogP contribution in [0.2, 0.25) is 5.02 Å². The lowest BCUT2D eigenvalue weighted by Crippen LogP contribution is -2.20. The molecule has 25 heavy (non-hydrogen) atoms. The minimum atomic E-state index is -0.385. The van der Waals surface area contributed by atoms with Crippen molar-refractivity contribution in [3.63, 3.8) is 0 Å². The highest BCUT2D eigenvalue weighted by molar-refractivity contribution is 6.31. The second kappa shape index (κ2) is 6.27. The largest absolute Gasteiger partial charge is 0.390 e. The van der Waals surface area contributed by atoms with Gasteiger partial charge in [-0.1, -0.05) is 41.9 Å². The third-order valence-corrected chi connectivity index (χ3v) is 4.35. The van der Waals surface area contributed by atoms with Crippen LogP contribution in [0.1, 0.15) is 22.6 Å². The van der Waals surface area contributed by atoms with Crippen LogP contribution in [-0.2, 0) is 13.2 Å². The van der Waals surface area contributed by atoms with Gasteiger partial charge in [-0.05, 0) is 18.2 Å². The maximum absolute atomic E-state index is 11.8. The van der Waals surface area contributed by atoms with Crippen LogP contribution in [-0.4, -0.2) is 20.4 Å². The van der Waals surface area contributed by atoms with Crippen LogP contribution >= 0.6 is 11.6 Å². The number of halogens is 1. The van der Waals surface area contributed by atoms with E-state index in [4.69, 9.17) is 11.6 Å². The number of aliphatic hydroxyl groups is 1. The molecule has 6 heteroatoms. The van der Waals surface area contributed by atoms with Crippen LogP contribution in [0.4, 0.5) is 0 Å². The van der Waals surface area contributed by atoms with E-state index in [0.29, 0.717) is 16.5 Å². The second-order valence-electron chi connectivity index (χ2n) is 5.69. The molecule has 0 bridgehead atoms. The number of fused-ring (bicyclic) bond motifs is 3. The molecule has 0 saturated carbocycles. The van der Waals surface area contributed by atoms with Gasteiger partial charge >= 0.3 is 0 Å². The molecule has 0 amide bonds. The van der Waals surface area contributed by atoms with Gasteiger partial charge in [0, 0.05) is 22.2 Å². The molecule has 0 spiro atoms. The minimum Gasteiger partial charge on any atom is -0.390 e. The van der Waals surface area contributed by atoms with Gasteiger partial charge in [-0.15, -0.1) is 0 Å². The molecule has 0 radical (unpaired) electrons. The molecular weight excluding hydrogens is 338 g/mol. The van der Waals surface area contributed by atoms with Crippen molar-refractivity contribution in [1.29, 1.82) is 0 Å². The van der Waals surface area contributed by atoms with E-state index in [1.807, 2.05) is 42.5 Å². The van der Waals surface area contributed by atoms with Gasteiger partial charge in [0.2, 0.25) is 0 Å². The summed E-state index contributed by atoms with van der Waals surface area (Å²) >= 11 is 6.23. The average Bonchev–Trinajstić information content (AvgIpc) is 2.78. The molecule has 0 aliphatic carbocycles. The van der Waals surface area contributed by atoms with Gasteiger partial charge in [-0.3, -0.25) is 14.4 Å². The molecule has 0 unspecified atom stereocenters. The SMILES string of the molecule is O=c1cc(CO)n2c(n1)CN=C(c1ccccc1)c1cc(Cl)ccc1-2. The smallest absolute Gasteiger partial charge is 0.273 e. The Kier molecular flexibility index (Phi) is 3.95. The van der Waals surface area contributed by atoms with Crippen molar-refractivity contribution in [2.45, 2.75) is 13.2 Å². The van der Waals surface area contributed by atoms with E-state index in [1.54, 1.807) is 10.6 Å². The molecule has 0 fully saturated rings. The number of aliphatic hydroxyl groups excluding tert-OH is 1. The zero-order chi connectivity index (χ0) is 17.4. The maximum atomic E-state index is 11.8. The van der Waals surface area contributed by atoms with E-state index in [2.05, 4.69) is 9.98 Å². The van der Waals surface area contributed by atoms with Crippen LogP contribution < -0.4 is 5.56 Å².